The van der Waals surface area contributed by atoms with E-state index in [9.17, 15) is 9.90 Å². The predicted molar refractivity (Wildman–Crippen MR) is 93.8 cm³/mol. The van der Waals surface area contributed by atoms with Crippen molar-refractivity contribution in [2.45, 2.75) is 38.3 Å². The number of H-pyrrole nitrogens is 1. The lowest BCUT2D eigenvalue weighted by molar-refractivity contribution is -0.158. The molecule has 1 aromatic carbocycles. The number of aromatic amines is 1. The van der Waals surface area contributed by atoms with Crippen LogP contribution >= 0.6 is 0 Å². The number of aryl methyl sites for hydroxylation is 1. The zero-order valence-corrected chi connectivity index (χ0v) is 14.4. The number of carbonyl (C=O) groups excluding carboxylic acids is 1. The first kappa shape index (κ1) is 15.7. The summed E-state index contributed by atoms with van der Waals surface area (Å²) in [5.74, 6) is -0.130. The van der Waals surface area contributed by atoms with Crippen LogP contribution in [0.5, 0.6) is 0 Å². The number of nitrogens with one attached hydrogen (secondary N) is 1. The SMILES string of the molecule is Cc1cccc2c3c([nH]c12)CCN(CC1(O)CCCN(C)C1=O)C3. The second-order valence-electron chi connectivity index (χ2n) is 7.40. The zero-order valence-electron chi connectivity index (χ0n) is 14.4. The number of nitrogens with zero attached hydrogens (tertiary/aromatic N) is 2. The topological polar surface area (TPSA) is 59.6 Å². The fraction of sp³-hybridized carbons (Fsp3) is 0.526. The van der Waals surface area contributed by atoms with Crippen LogP contribution in [-0.2, 0) is 17.8 Å². The van der Waals surface area contributed by atoms with Crippen LogP contribution in [0.15, 0.2) is 18.2 Å². The van der Waals surface area contributed by atoms with E-state index in [4.69, 9.17) is 0 Å². The van der Waals surface area contributed by atoms with Gasteiger partial charge in [0, 0.05) is 56.2 Å². The summed E-state index contributed by atoms with van der Waals surface area (Å²) in [6.45, 7) is 4.96. The number of aromatic nitrogens is 1. The summed E-state index contributed by atoms with van der Waals surface area (Å²) in [6, 6.07) is 6.38. The minimum Gasteiger partial charge on any atom is -0.379 e. The van der Waals surface area contributed by atoms with Gasteiger partial charge in [0.05, 0.1) is 0 Å². The van der Waals surface area contributed by atoms with Crippen molar-refractivity contribution >= 4 is 16.8 Å². The Morgan fingerprint density at radius 2 is 2.17 bits per heavy atom. The Kier molecular flexibility index (Phi) is 3.66. The Balaban J connectivity index is 1.59. The van der Waals surface area contributed by atoms with Crippen LogP contribution in [0, 0.1) is 6.92 Å². The van der Waals surface area contributed by atoms with Gasteiger partial charge in [-0.25, -0.2) is 0 Å². The minimum absolute atomic E-state index is 0.130. The summed E-state index contributed by atoms with van der Waals surface area (Å²) in [7, 11) is 1.78. The molecule has 0 bridgehead atoms. The second-order valence-corrected chi connectivity index (χ2v) is 7.40. The monoisotopic (exact) mass is 327 g/mol. The highest BCUT2D eigenvalue weighted by molar-refractivity contribution is 5.88. The van der Waals surface area contributed by atoms with E-state index in [1.54, 1.807) is 11.9 Å². The van der Waals surface area contributed by atoms with E-state index in [0.717, 1.165) is 32.5 Å². The van der Waals surface area contributed by atoms with Crippen LogP contribution in [0.25, 0.3) is 10.9 Å². The molecule has 0 saturated carbocycles. The Bertz CT molecular complexity index is 797. The molecular formula is C19H25N3O2. The number of likely N-dealkylation sites (tertiary alicyclic amines) is 1. The molecule has 4 rings (SSSR count). The quantitative estimate of drug-likeness (QED) is 0.884. The molecule has 24 heavy (non-hydrogen) atoms. The number of carbonyl (C=O) groups is 1. The van der Waals surface area contributed by atoms with E-state index in [1.165, 1.54) is 27.7 Å². The Labute approximate surface area is 142 Å². The highest BCUT2D eigenvalue weighted by Gasteiger charge is 2.42. The first-order valence-corrected chi connectivity index (χ1v) is 8.77. The second kappa shape index (κ2) is 5.60. The largest absolute Gasteiger partial charge is 0.379 e. The fourth-order valence-corrected chi connectivity index (χ4v) is 4.26. The average molecular weight is 327 g/mol. The molecule has 2 aliphatic rings. The fourth-order valence-electron chi connectivity index (χ4n) is 4.26. The van der Waals surface area contributed by atoms with Gasteiger partial charge in [0.25, 0.3) is 5.91 Å². The predicted octanol–water partition coefficient (Wildman–Crippen LogP) is 1.82. The third-order valence-corrected chi connectivity index (χ3v) is 5.61. The van der Waals surface area contributed by atoms with Crippen LogP contribution in [-0.4, -0.2) is 58.1 Å². The van der Waals surface area contributed by atoms with Crippen molar-refractivity contribution in [2.75, 3.05) is 26.7 Å². The van der Waals surface area contributed by atoms with Crippen molar-refractivity contribution in [3.8, 4) is 0 Å². The number of likely N-dealkylation sites (N-methyl/N-ethyl adjacent to an activating group) is 1. The number of piperidine rings is 1. The van der Waals surface area contributed by atoms with Gasteiger partial charge in [0.2, 0.25) is 0 Å². The molecule has 3 heterocycles. The lowest BCUT2D eigenvalue weighted by atomic mass is 9.90. The molecule has 0 spiro atoms. The molecule has 5 nitrogen and oxygen atoms in total. The van der Waals surface area contributed by atoms with E-state index in [-0.39, 0.29) is 5.91 Å². The number of hydrogen-bond donors (Lipinski definition) is 2. The summed E-state index contributed by atoms with van der Waals surface area (Å²) in [5, 5.41) is 12.1. The van der Waals surface area contributed by atoms with Gasteiger partial charge in [0.15, 0.2) is 5.60 Å². The van der Waals surface area contributed by atoms with Crippen LogP contribution < -0.4 is 0 Å². The van der Waals surface area contributed by atoms with Gasteiger partial charge in [-0.15, -0.1) is 0 Å². The molecule has 1 atom stereocenters. The van der Waals surface area contributed by atoms with Crippen molar-refractivity contribution in [3.63, 3.8) is 0 Å². The number of para-hydroxylation sites is 1. The highest BCUT2D eigenvalue weighted by Crippen LogP contribution is 2.31. The van der Waals surface area contributed by atoms with Crippen molar-refractivity contribution in [3.05, 3.63) is 35.0 Å². The minimum atomic E-state index is -1.23. The standard InChI is InChI=1S/C19H25N3O2/c1-13-5-3-6-14-15-11-22(10-7-16(15)20-17(13)14)12-19(24)8-4-9-21(2)18(19)23/h3,5-6,20,24H,4,7-12H2,1-2H3. The molecule has 1 amide bonds. The number of benzene rings is 1. The van der Waals surface area contributed by atoms with Crippen LogP contribution in [0.3, 0.4) is 0 Å². The van der Waals surface area contributed by atoms with Gasteiger partial charge >= 0.3 is 0 Å². The third kappa shape index (κ3) is 2.43. The molecule has 0 radical (unpaired) electrons. The number of fused-ring (bicyclic) bond motifs is 3. The van der Waals surface area contributed by atoms with Gasteiger partial charge in [-0.2, -0.15) is 0 Å². The van der Waals surface area contributed by atoms with Crippen LogP contribution in [0.4, 0.5) is 0 Å². The molecule has 5 heteroatoms. The van der Waals surface area contributed by atoms with E-state index < -0.39 is 5.60 Å². The van der Waals surface area contributed by atoms with E-state index >= 15 is 0 Å². The van der Waals surface area contributed by atoms with E-state index in [1.807, 2.05) is 0 Å². The normalized spacial score (nSPS) is 25.3. The number of β-amino-alcohol motifs (C(OH)–C–C–N with tert-alkyl or cyclic N) is 1. The summed E-state index contributed by atoms with van der Waals surface area (Å²) >= 11 is 0. The smallest absolute Gasteiger partial charge is 0.255 e. The Hall–Kier alpha value is -1.85. The molecule has 0 aliphatic carbocycles. The molecule has 1 aromatic heterocycles. The van der Waals surface area contributed by atoms with Crippen molar-refractivity contribution < 1.29 is 9.90 Å². The lowest BCUT2D eigenvalue weighted by Gasteiger charge is -2.40. The zero-order chi connectivity index (χ0) is 16.9. The summed E-state index contributed by atoms with van der Waals surface area (Å²) in [5.41, 5.74) is 3.87. The lowest BCUT2D eigenvalue weighted by Crippen LogP contribution is -2.57. The van der Waals surface area contributed by atoms with Gasteiger partial charge in [-0.1, -0.05) is 18.2 Å². The summed E-state index contributed by atoms with van der Waals surface area (Å²) in [4.78, 5) is 19.9. The van der Waals surface area contributed by atoms with Gasteiger partial charge < -0.3 is 15.0 Å². The molecule has 1 fully saturated rings. The molecule has 1 unspecified atom stereocenters. The molecular weight excluding hydrogens is 302 g/mol. The Morgan fingerprint density at radius 1 is 1.33 bits per heavy atom. The number of amides is 1. The van der Waals surface area contributed by atoms with Crippen molar-refractivity contribution in [2.24, 2.45) is 0 Å². The number of hydrogen-bond acceptors (Lipinski definition) is 3. The van der Waals surface area contributed by atoms with E-state index in [2.05, 4.69) is 35.0 Å². The van der Waals surface area contributed by atoms with Gasteiger partial charge in [-0.05, 0) is 30.9 Å². The number of aliphatic hydroxyl groups is 1. The van der Waals surface area contributed by atoms with Crippen molar-refractivity contribution in [1.82, 2.24) is 14.8 Å². The maximum Gasteiger partial charge on any atom is 0.255 e. The molecule has 2 aromatic rings. The van der Waals surface area contributed by atoms with Gasteiger partial charge in [-0.3, -0.25) is 9.69 Å². The highest BCUT2D eigenvalue weighted by atomic mass is 16.3. The molecule has 2 aliphatic heterocycles. The van der Waals surface area contributed by atoms with Crippen molar-refractivity contribution in [1.29, 1.82) is 0 Å². The van der Waals surface area contributed by atoms with Crippen LogP contribution in [0.1, 0.15) is 29.7 Å². The van der Waals surface area contributed by atoms with E-state index in [0.29, 0.717) is 13.0 Å². The first-order chi connectivity index (χ1) is 11.5. The maximum atomic E-state index is 12.4. The van der Waals surface area contributed by atoms with Crippen LogP contribution in [0.2, 0.25) is 0 Å². The first-order valence-electron chi connectivity index (χ1n) is 8.77. The summed E-state index contributed by atoms with van der Waals surface area (Å²) < 4.78 is 0. The Morgan fingerprint density at radius 3 is 3.00 bits per heavy atom. The molecule has 1 saturated heterocycles. The van der Waals surface area contributed by atoms with Gasteiger partial charge in [0.1, 0.15) is 0 Å². The number of rotatable bonds is 2. The summed E-state index contributed by atoms with van der Waals surface area (Å²) in [6.07, 6.45) is 2.36. The molecule has 2 N–H and O–H groups in total. The average Bonchev–Trinajstić information content (AvgIpc) is 2.92. The third-order valence-electron chi connectivity index (χ3n) is 5.61. The molecule has 128 valence electrons. The maximum absolute atomic E-state index is 12.4.